The molecule has 232 valence electrons. The summed E-state index contributed by atoms with van der Waals surface area (Å²) in [5, 5.41) is 10.2. The molecule has 2 aromatic heterocycles. The number of amides is 2. The number of aryl methyl sites for hydroxylation is 1. The Kier molecular flexibility index (Phi) is 9.11. The zero-order chi connectivity index (χ0) is 30.8. The van der Waals surface area contributed by atoms with Crippen LogP contribution in [-0.4, -0.2) is 88.7 Å². The van der Waals surface area contributed by atoms with Gasteiger partial charge in [0.25, 0.3) is 5.56 Å². The number of likely N-dealkylation sites (N-methyl/N-ethyl adjacent to an activating group) is 1. The smallest absolute Gasteiger partial charge is 0.282 e. The van der Waals surface area contributed by atoms with Crippen LogP contribution in [0, 0.1) is 0 Å². The maximum atomic E-state index is 12.3. The Morgan fingerprint density at radius 1 is 0.977 bits per heavy atom. The highest BCUT2D eigenvalue weighted by Crippen LogP contribution is 2.30. The minimum atomic E-state index is -0.320. The van der Waals surface area contributed by atoms with Gasteiger partial charge in [-0.15, -0.1) is 0 Å². The van der Waals surface area contributed by atoms with E-state index in [4.69, 9.17) is 0 Å². The van der Waals surface area contributed by atoms with Gasteiger partial charge in [0.1, 0.15) is 4.47 Å². The lowest BCUT2D eigenvalue weighted by atomic mass is 9.87. The number of likely N-dealkylation sites (tertiary alicyclic amines) is 1. The summed E-state index contributed by atoms with van der Waals surface area (Å²) in [6.45, 7) is 6.47. The molecule has 1 unspecified atom stereocenters. The van der Waals surface area contributed by atoms with Gasteiger partial charge in [-0.3, -0.25) is 29.6 Å². The number of hydrogen-bond donors (Lipinski definition) is 2. The van der Waals surface area contributed by atoms with E-state index in [1.165, 1.54) is 15.8 Å². The van der Waals surface area contributed by atoms with Crippen molar-refractivity contribution in [1.82, 2.24) is 29.9 Å². The summed E-state index contributed by atoms with van der Waals surface area (Å²) in [6, 6.07) is 11.3. The van der Waals surface area contributed by atoms with Crippen LogP contribution >= 0.6 is 15.9 Å². The average Bonchev–Trinajstić information content (AvgIpc) is 3.02. The quantitative estimate of drug-likeness (QED) is 0.369. The Balaban J connectivity index is 1.02. The van der Waals surface area contributed by atoms with Crippen molar-refractivity contribution in [3.05, 3.63) is 80.4 Å². The Bertz CT molecular complexity index is 1570. The third-order valence-electron chi connectivity index (χ3n) is 9.05. The number of aromatic nitrogens is 3. The molecular weight excluding hydrogens is 624 g/mol. The summed E-state index contributed by atoms with van der Waals surface area (Å²) in [7, 11) is 3.79. The number of nitrogens with one attached hydrogen (secondary N) is 2. The molecule has 2 amide bonds. The van der Waals surface area contributed by atoms with E-state index in [2.05, 4.69) is 88.7 Å². The summed E-state index contributed by atoms with van der Waals surface area (Å²) >= 11 is 3.44. The van der Waals surface area contributed by atoms with Crippen LogP contribution in [0.5, 0.6) is 0 Å². The van der Waals surface area contributed by atoms with E-state index in [-0.39, 0.29) is 29.3 Å². The fourth-order valence-electron chi connectivity index (χ4n) is 6.63. The van der Waals surface area contributed by atoms with Gasteiger partial charge >= 0.3 is 0 Å². The predicted molar refractivity (Wildman–Crippen MR) is 173 cm³/mol. The Morgan fingerprint density at radius 2 is 1.75 bits per heavy atom. The van der Waals surface area contributed by atoms with Crippen LogP contribution in [0.15, 0.2) is 58.2 Å². The molecule has 3 atom stereocenters. The molecule has 6 rings (SSSR count). The molecule has 0 radical (unpaired) electrons. The van der Waals surface area contributed by atoms with E-state index < -0.39 is 0 Å². The lowest BCUT2D eigenvalue weighted by Gasteiger charge is -2.37. The van der Waals surface area contributed by atoms with E-state index in [9.17, 15) is 14.4 Å². The van der Waals surface area contributed by atoms with E-state index in [0.717, 1.165) is 69.2 Å². The summed E-state index contributed by atoms with van der Waals surface area (Å²) in [6.07, 6.45) is 7.19. The van der Waals surface area contributed by atoms with Gasteiger partial charge in [0, 0.05) is 71.5 Å². The van der Waals surface area contributed by atoms with E-state index in [0.29, 0.717) is 23.2 Å². The number of halogens is 1. The van der Waals surface area contributed by atoms with Crippen molar-refractivity contribution >= 4 is 39.1 Å². The minimum Gasteiger partial charge on any atom is -0.379 e. The molecule has 0 spiro atoms. The van der Waals surface area contributed by atoms with Crippen LogP contribution in [-0.2, 0) is 23.2 Å². The number of anilines is 2. The molecule has 1 aromatic carbocycles. The fraction of sp³-hybridized carbons (Fsp3) is 0.469. The summed E-state index contributed by atoms with van der Waals surface area (Å²) in [4.78, 5) is 47.8. The SMILES string of the molecule is CN1C[C@@H](Nc2cnn(C)c(=O)c2Br)C[C@@H](c2ccc(CN3CCN(c4cncc(C5CCC(=O)NC5=O)c4)CC3)cc2)C1. The van der Waals surface area contributed by atoms with Crippen LogP contribution in [0.2, 0.25) is 0 Å². The van der Waals surface area contributed by atoms with Gasteiger partial charge in [0.05, 0.1) is 29.7 Å². The number of piperidine rings is 2. The van der Waals surface area contributed by atoms with Gasteiger partial charge in [0.15, 0.2) is 0 Å². The molecule has 11 nitrogen and oxygen atoms in total. The van der Waals surface area contributed by atoms with Gasteiger partial charge in [-0.25, -0.2) is 4.68 Å². The number of benzene rings is 1. The van der Waals surface area contributed by atoms with Crippen LogP contribution in [0.3, 0.4) is 0 Å². The largest absolute Gasteiger partial charge is 0.379 e. The van der Waals surface area contributed by atoms with Crippen LogP contribution in [0.25, 0.3) is 0 Å². The second-order valence-corrected chi connectivity index (χ2v) is 13.1. The van der Waals surface area contributed by atoms with Crippen LogP contribution in [0.1, 0.15) is 47.8 Å². The van der Waals surface area contributed by atoms with Gasteiger partial charge in [-0.1, -0.05) is 24.3 Å². The van der Waals surface area contributed by atoms with Crippen molar-refractivity contribution in [2.75, 3.05) is 56.5 Å². The van der Waals surface area contributed by atoms with Gasteiger partial charge in [-0.2, -0.15) is 5.10 Å². The standard InChI is InChI=1S/C32H39BrN8O3/c1-38-19-24(13-25(20-38)36-28-17-35-39(2)32(44)30(28)33)22-5-3-21(4-6-22)18-40-9-11-41(12-10-40)26-14-23(15-34-16-26)27-7-8-29(42)37-31(27)43/h3-6,14-17,24-25,27,36H,7-13,18-20H2,1-2H3,(H,37,42,43)/t24-,25+,27?/m1/s1. The molecule has 3 fully saturated rings. The molecule has 2 N–H and O–H groups in total. The van der Waals surface area contributed by atoms with Crippen molar-refractivity contribution in [3.8, 4) is 0 Å². The molecule has 5 heterocycles. The highest BCUT2D eigenvalue weighted by Gasteiger charge is 2.30. The molecule has 3 aliphatic rings. The second kappa shape index (κ2) is 13.2. The molecule has 44 heavy (non-hydrogen) atoms. The number of nitrogens with zero attached hydrogens (tertiary/aromatic N) is 6. The Labute approximate surface area is 265 Å². The lowest BCUT2D eigenvalue weighted by molar-refractivity contribution is -0.134. The maximum Gasteiger partial charge on any atom is 0.282 e. The predicted octanol–water partition coefficient (Wildman–Crippen LogP) is 2.68. The summed E-state index contributed by atoms with van der Waals surface area (Å²) < 4.78 is 1.84. The number of carbonyl (C=O) groups is 2. The summed E-state index contributed by atoms with van der Waals surface area (Å²) in [5.41, 5.74) is 5.13. The topological polar surface area (TPSA) is 116 Å². The van der Waals surface area contributed by atoms with E-state index >= 15 is 0 Å². The summed E-state index contributed by atoms with van der Waals surface area (Å²) in [5.74, 6) is -0.352. The molecule has 12 heteroatoms. The van der Waals surface area contributed by atoms with Gasteiger partial charge in [-0.05, 0) is 64.5 Å². The first kappa shape index (κ1) is 30.4. The number of pyridine rings is 1. The van der Waals surface area contributed by atoms with Crippen molar-refractivity contribution in [2.24, 2.45) is 7.05 Å². The lowest BCUT2D eigenvalue weighted by Crippen LogP contribution is -2.46. The molecule has 0 aliphatic carbocycles. The van der Waals surface area contributed by atoms with Crippen molar-refractivity contribution < 1.29 is 9.59 Å². The third-order valence-corrected chi connectivity index (χ3v) is 9.82. The second-order valence-electron chi connectivity index (χ2n) is 12.3. The number of piperazine rings is 1. The van der Waals surface area contributed by atoms with Crippen LogP contribution in [0.4, 0.5) is 11.4 Å². The van der Waals surface area contributed by atoms with Crippen molar-refractivity contribution in [3.63, 3.8) is 0 Å². The highest BCUT2D eigenvalue weighted by molar-refractivity contribution is 9.10. The normalized spacial score (nSPS) is 23.4. The van der Waals surface area contributed by atoms with Gasteiger partial charge < -0.3 is 15.1 Å². The number of rotatable bonds is 7. The molecule has 3 saturated heterocycles. The molecule has 0 bridgehead atoms. The molecule has 3 aliphatic heterocycles. The molecule has 0 saturated carbocycles. The van der Waals surface area contributed by atoms with E-state index in [1.54, 1.807) is 19.4 Å². The van der Waals surface area contributed by atoms with Crippen molar-refractivity contribution in [1.29, 1.82) is 0 Å². The number of hydrogen-bond acceptors (Lipinski definition) is 9. The van der Waals surface area contributed by atoms with Crippen molar-refractivity contribution in [2.45, 2.75) is 43.7 Å². The average molecular weight is 664 g/mol. The maximum absolute atomic E-state index is 12.3. The fourth-order valence-corrected chi connectivity index (χ4v) is 7.11. The highest BCUT2D eigenvalue weighted by atomic mass is 79.9. The van der Waals surface area contributed by atoms with Crippen LogP contribution < -0.4 is 21.1 Å². The monoisotopic (exact) mass is 662 g/mol. The molecular formula is C32H39BrN8O3. The third kappa shape index (κ3) is 6.87. The zero-order valence-corrected chi connectivity index (χ0v) is 26.8. The Morgan fingerprint density at radius 3 is 2.50 bits per heavy atom. The zero-order valence-electron chi connectivity index (χ0n) is 25.2. The minimum absolute atomic E-state index is 0.149. The van der Waals surface area contributed by atoms with Gasteiger partial charge in [0.2, 0.25) is 11.8 Å². The number of carbonyl (C=O) groups excluding carboxylic acids is 2. The Hall–Kier alpha value is -3.61. The molecule has 3 aromatic rings. The first-order valence-corrected chi connectivity index (χ1v) is 16.0. The van der Waals surface area contributed by atoms with E-state index in [1.807, 2.05) is 6.20 Å². The first-order valence-electron chi connectivity index (χ1n) is 15.2. The first-order chi connectivity index (χ1) is 21.2. The number of imide groups is 1.